The Hall–Kier alpha value is -0.0900. The fourth-order valence-corrected chi connectivity index (χ4v) is 3.74. The van der Waals surface area contributed by atoms with E-state index in [0.717, 1.165) is 15.1 Å². The van der Waals surface area contributed by atoms with Crippen LogP contribution < -0.4 is 11.1 Å². The molecule has 1 aliphatic carbocycles. The lowest BCUT2D eigenvalue weighted by Crippen LogP contribution is -2.35. The lowest BCUT2D eigenvalue weighted by molar-refractivity contribution is 0.353. The van der Waals surface area contributed by atoms with E-state index in [-0.39, 0.29) is 6.04 Å². The molecule has 1 aromatic carbocycles. The summed E-state index contributed by atoms with van der Waals surface area (Å²) in [6.45, 7) is 5.23. The van der Waals surface area contributed by atoms with Gasteiger partial charge in [-0.2, -0.15) is 0 Å². The molecule has 0 bridgehead atoms. The van der Waals surface area contributed by atoms with Crippen LogP contribution in [-0.2, 0) is 0 Å². The van der Waals surface area contributed by atoms with Crippen molar-refractivity contribution < 1.29 is 0 Å². The lowest BCUT2D eigenvalue weighted by Gasteiger charge is -2.24. The van der Waals surface area contributed by atoms with E-state index in [9.17, 15) is 0 Å². The Morgan fingerprint density at radius 2 is 2.26 bits per heavy atom. The number of halogens is 2. The minimum Gasteiger partial charge on any atom is -0.329 e. The van der Waals surface area contributed by atoms with Gasteiger partial charge in [-0.05, 0) is 42.4 Å². The molecule has 1 aromatic rings. The largest absolute Gasteiger partial charge is 0.329 e. The Bertz CT molecular complexity index is 448. The van der Waals surface area contributed by atoms with Gasteiger partial charge in [0.15, 0.2) is 0 Å². The van der Waals surface area contributed by atoms with Gasteiger partial charge in [-0.15, -0.1) is 0 Å². The van der Waals surface area contributed by atoms with E-state index in [1.165, 1.54) is 19.3 Å². The van der Waals surface area contributed by atoms with Gasteiger partial charge in [-0.1, -0.05) is 47.4 Å². The summed E-state index contributed by atoms with van der Waals surface area (Å²) in [4.78, 5) is 0. The van der Waals surface area contributed by atoms with Crippen molar-refractivity contribution in [3.8, 4) is 0 Å². The third kappa shape index (κ3) is 3.94. The van der Waals surface area contributed by atoms with Crippen molar-refractivity contribution in [1.29, 1.82) is 0 Å². The van der Waals surface area contributed by atoms with Gasteiger partial charge >= 0.3 is 0 Å². The number of hydrogen-bond donors (Lipinski definition) is 2. The van der Waals surface area contributed by atoms with Crippen molar-refractivity contribution >= 4 is 27.5 Å². The molecule has 19 heavy (non-hydrogen) atoms. The van der Waals surface area contributed by atoms with Crippen molar-refractivity contribution in [1.82, 2.24) is 5.32 Å². The Kier molecular flexibility index (Phi) is 4.93. The molecule has 4 heteroatoms. The highest BCUT2D eigenvalue weighted by Gasteiger charge is 2.32. The van der Waals surface area contributed by atoms with E-state index in [1.54, 1.807) is 0 Å². The van der Waals surface area contributed by atoms with E-state index in [2.05, 4.69) is 41.2 Å². The average molecular weight is 346 g/mol. The summed E-state index contributed by atoms with van der Waals surface area (Å²) >= 11 is 9.75. The predicted molar refractivity (Wildman–Crippen MR) is 85.5 cm³/mol. The van der Waals surface area contributed by atoms with Crippen LogP contribution in [0.2, 0.25) is 5.02 Å². The molecular formula is C15H22BrClN2. The number of rotatable bonds is 4. The Morgan fingerprint density at radius 3 is 2.79 bits per heavy atom. The molecule has 2 atom stereocenters. The van der Waals surface area contributed by atoms with Gasteiger partial charge in [-0.25, -0.2) is 0 Å². The zero-order valence-electron chi connectivity index (χ0n) is 11.5. The van der Waals surface area contributed by atoms with Gasteiger partial charge in [0.25, 0.3) is 0 Å². The highest BCUT2D eigenvalue weighted by Crippen LogP contribution is 2.38. The van der Waals surface area contributed by atoms with E-state index >= 15 is 0 Å². The first kappa shape index (κ1) is 15.3. The highest BCUT2D eigenvalue weighted by molar-refractivity contribution is 9.10. The molecule has 0 amide bonds. The second-order valence-electron chi connectivity index (χ2n) is 6.22. The van der Waals surface area contributed by atoms with Crippen molar-refractivity contribution in [2.45, 2.75) is 45.2 Å². The summed E-state index contributed by atoms with van der Waals surface area (Å²) in [5.41, 5.74) is 7.46. The molecule has 0 aromatic heterocycles. The summed E-state index contributed by atoms with van der Waals surface area (Å²) in [5, 5.41) is 4.45. The molecule has 0 radical (unpaired) electrons. The third-order valence-corrected chi connectivity index (χ3v) is 4.80. The van der Waals surface area contributed by atoms with Crippen LogP contribution in [-0.4, -0.2) is 12.6 Å². The monoisotopic (exact) mass is 344 g/mol. The zero-order valence-corrected chi connectivity index (χ0v) is 13.9. The number of benzene rings is 1. The molecule has 0 heterocycles. The smallest absolute Gasteiger partial charge is 0.0465 e. The first-order valence-electron chi connectivity index (χ1n) is 6.82. The molecule has 0 spiro atoms. The first-order chi connectivity index (χ1) is 8.91. The molecule has 2 rings (SSSR count). The van der Waals surface area contributed by atoms with Crippen molar-refractivity contribution in [2.75, 3.05) is 6.54 Å². The molecule has 2 unspecified atom stereocenters. The number of hydrogen-bond acceptors (Lipinski definition) is 2. The quantitative estimate of drug-likeness (QED) is 0.855. The zero-order chi connectivity index (χ0) is 14.0. The summed E-state index contributed by atoms with van der Waals surface area (Å²) in [7, 11) is 0. The van der Waals surface area contributed by atoms with Gasteiger partial charge in [0.05, 0.1) is 0 Å². The Balaban J connectivity index is 2.08. The maximum atomic E-state index is 6.32. The van der Waals surface area contributed by atoms with E-state index in [1.807, 2.05) is 12.1 Å². The second kappa shape index (κ2) is 6.13. The van der Waals surface area contributed by atoms with Crippen LogP contribution >= 0.6 is 27.5 Å². The van der Waals surface area contributed by atoms with Crippen LogP contribution in [0.3, 0.4) is 0 Å². The van der Waals surface area contributed by atoms with Crippen LogP contribution in [0.5, 0.6) is 0 Å². The number of nitrogens with two attached hydrogens (primary N) is 1. The lowest BCUT2D eigenvalue weighted by atomic mass is 9.91. The topological polar surface area (TPSA) is 38.0 Å². The fourth-order valence-electron chi connectivity index (χ4n) is 2.93. The fraction of sp³-hybridized carbons (Fsp3) is 0.600. The number of nitrogens with one attached hydrogen (secondary N) is 1. The minimum atomic E-state index is 0.138. The summed E-state index contributed by atoms with van der Waals surface area (Å²) in [6.07, 6.45) is 3.70. The molecule has 0 saturated heterocycles. The van der Waals surface area contributed by atoms with Crippen molar-refractivity contribution in [3.63, 3.8) is 0 Å². The van der Waals surface area contributed by atoms with Crippen LogP contribution in [0, 0.1) is 5.41 Å². The molecule has 3 N–H and O–H groups in total. The normalized spacial score (nSPS) is 23.5. The van der Waals surface area contributed by atoms with Gasteiger partial charge in [-0.3, -0.25) is 0 Å². The average Bonchev–Trinajstić information content (AvgIpc) is 2.66. The van der Waals surface area contributed by atoms with Gasteiger partial charge in [0.2, 0.25) is 0 Å². The van der Waals surface area contributed by atoms with Crippen molar-refractivity contribution in [2.24, 2.45) is 11.1 Å². The SMILES string of the molecule is CC1(C)CCC(NC(CN)c2ccc(Br)cc2Cl)C1. The van der Waals surface area contributed by atoms with Gasteiger partial charge in [0.1, 0.15) is 0 Å². The predicted octanol–water partition coefficient (Wildman–Crippen LogP) is 4.27. The van der Waals surface area contributed by atoms with E-state index in [4.69, 9.17) is 17.3 Å². The maximum absolute atomic E-state index is 6.32. The molecule has 1 aliphatic rings. The summed E-state index contributed by atoms with van der Waals surface area (Å²) in [5.74, 6) is 0. The standard InChI is InChI=1S/C15H22BrClN2/c1-15(2)6-5-11(8-15)19-14(9-18)12-4-3-10(16)7-13(12)17/h3-4,7,11,14,19H,5-6,8-9,18H2,1-2H3. The maximum Gasteiger partial charge on any atom is 0.0465 e. The highest BCUT2D eigenvalue weighted by atomic mass is 79.9. The van der Waals surface area contributed by atoms with Crippen LogP contribution in [0.15, 0.2) is 22.7 Å². The summed E-state index contributed by atoms with van der Waals surface area (Å²) in [6, 6.07) is 6.68. The third-order valence-electron chi connectivity index (χ3n) is 3.98. The molecular weight excluding hydrogens is 324 g/mol. The minimum absolute atomic E-state index is 0.138. The Labute approximate surface area is 129 Å². The molecule has 106 valence electrons. The molecule has 0 aliphatic heterocycles. The van der Waals surface area contributed by atoms with Crippen LogP contribution in [0.25, 0.3) is 0 Å². The molecule has 2 nitrogen and oxygen atoms in total. The van der Waals surface area contributed by atoms with Crippen LogP contribution in [0.1, 0.15) is 44.7 Å². The second-order valence-corrected chi connectivity index (χ2v) is 7.55. The van der Waals surface area contributed by atoms with Gasteiger partial charge < -0.3 is 11.1 Å². The van der Waals surface area contributed by atoms with E-state index in [0.29, 0.717) is 18.0 Å². The first-order valence-corrected chi connectivity index (χ1v) is 7.99. The van der Waals surface area contributed by atoms with Gasteiger partial charge in [0, 0.05) is 28.1 Å². The summed E-state index contributed by atoms with van der Waals surface area (Å²) < 4.78 is 0.999. The molecule has 1 saturated carbocycles. The Morgan fingerprint density at radius 1 is 1.53 bits per heavy atom. The van der Waals surface area contributed by atoms with Crippen LogP contribution in [0.4, 0.5) is 0 Å². The van der Waals surface area contributed by atoms with E-state index < -0.39 is 0 Å². The van der Waals surface area contributed by atoms with Crippen molar-refractivity contribution in [3.05, 3.63) is 33.3 Å². The molecule has 1 fully saturated rings.